The maximum atomic E-state index is 5.71. The van der Waals surface area contributed by atoms with Crippen LogP contribution in [0.15, 0.2) is 21.1 Å². The van der Waals surface area contributed by atoms with Gasteiger partial charge < -0.3 is 5.73 Å². The molecule has 0 aliphatic carbocycles. The van der Waals surface area contributed by atoms with Crippen LogP contribution >= 0.6 is 31.9 Å². The van der Waals surface area contributed by atoms with Crippen molar-refractivity contribution in [2.75, 3.05) is 5.73 Å². The SMILES string of the molecule is CCc1cc(Br)c(N)c(Br)c1. The van der Waals surface area contributed by atoms with Crippen LogP contribution in [-0.4, -0.2) is 0 Å². The summed E-state index contributed by atoms with van der Waals surface area (Å²) in [5, 5.41) is 0. The van der Waals surface area contributed by atoms with Crippen LogP contribution in [0, 0.1) is 0 Å². The van der Waals surface area contributed by atoms with Crippen LogP contribution in [0.4, 0.5) is 5.69 Å². The highest BCUT2D eigenvalue weighted by molar-refractivity contribution is 9.11. The van der Waals surface area contributed by atoms with Gasteiger partial charge in [-0.2, -0.15) is 0 Å². The summed E-state index contributed by atoms with van der Waals surface area (Å²) in [5.41, 5.74) is 7.75. The zero-order valence-corrected chi connectivity index (χ0v) is 9.37. The number of halogens is 2. The van der Waals surface area contributed by atoms with E-state index in [1.165, 1.54) is 5.56 Å². The predicted octanol–water partition coefficient (Wildman–Crippen LogP) is 3.36. The largest absolute Gasteiger partial charge is 0.397 e. The lowest BCUT2D eigenvalue weighted by Gasteiger charge is -2.03. The fraction of sp³-hybridized carbons (Fsp3) is 0.250. The molecule has 2 N–H and O–H groups in total. The van der Waals surface area contributed by atoms with Crippen molar-refractivity contribution in [3.63, 3.8) is 0 Å². The minimum Gasteiger partial charge on any atom is -0.397 e. The molecule has 0 spiro atoms. The molecule has 0 heterocycles. The summed E-state index contributed by atoms with van der Waals surface area (Å²) < 4.78 is 1.92. The van der Waals surface area contributed by atoms with Gasteiger partial charge in [0.2, 0.25) is 0 Å². The van der Waals surface area contributed by atoms with Gasteiger partial charge in [-0.15, -0.1) is 0 Å². The number of nitrogens with two attached hydrogens (primary N) is 1. The van der Waals surface area contributed by atoms with Crippen LogP contribution in [0.25, 0.3) is 0 Å². The highest BCUT2D eigenvalue weighted by atomic mass is 79.9. The van der Waals surface area contributed by atoms with Crippen molar-refractivity contribution in [1.82, 2.24) is 0 Å². The molecule has 0 bridgehead atoms. The average Bonchev–Trinajstić information content (AvgIpc) is 1.99. The van der Waals surface area contributed by atoms with Crippen molar-refractivity contribution in [2.24, 2.45) is 0 Å². The summed E-state index contributed by atoms with van der Waals surface area (Å²) in [6.07, 6.45) is 1.03. The molecule has 3 heteroatoms. The molecule has 60 valence electrons. The second-order valence-electron chi connectivity index (χ2n) is 2.33. The van der Waals surface area contributed by atoms with E-state index in [-0.39, 0.29) is 0 Å². The summed E-state index contributed by atoms with van der Waals surface area (Å²) in [7, 11) is 0. The first-order chi connectivity index (χ1) is 5.15. The number of benzene rings is 1. The molecule has 1 rings (SSSR count). The Kier molecular flexibility index (Phi) is 2.96. The molecule has 0 amide bonds. The fourth-order valence-electron chi connectivity index (χ4n) is 0.841. The molecule has 0 aliphatic rings. The minimum absolute atomic E-state index is 0.766. The Morgan fingerprint density at radius 1 is 1.27 bits per heavy atom. The van der Waals surface area contributed by atoms with Gasteiger partial charge in [0, 0.05) is 8.95 Å². The zero-order valence-electron chi connectivity index (χ0n) is 6.20. The van der Waals surface area contributed by atoms with E-state index in [9.17, 15) is 0 Å². The maximum Gasteiger partial charge on any atom is 0.0603 e. The second-order valence-corrected chi connectivity index (χ2v) is 4.04. The van der Waals surface area contributed by atoms with E-state index in [2.05, 4.69) is 38.8 Å². The number of nitrogen functional groups attached to an aromatic ring is 1. The summed E-state index contributed by atoms with van der Waals surface area (Å²) in [5.74, 6) is 0. The number of hydrogen-bond acceptors (Lipinski definition) is 1. The lowest BCUT2D eigenvalue weighted by atomic mass is 10.2. The molecule has 0 atom stereocenters. The Hall–Kier alpha value is -0.0200. The number of aryl methyl sites for hydroxylation is 1. The molecule has 0 fully saturated rings. The van der Waals surface area contributed by atoms with Crippen LogP contribution < -0.4 is 5.73 Å². The van der Waals surface area contributed by atoms with Crippen LogP contribution in [0.2, 0.25) is 0 Å². The van der Waals surface area contributed by atoms with Crippen molar-refractivity contribution in [1.29, 1.82) is 0 Å². The van der Waals surface area contributed by atoms with Gasteiger partial charge in [-0.3, -0.25) is 0 Å². The molecular formula is C8H9Br2N. The van der Waals surface area contributed by atoms with Gasteiger partial charge >= 0.3 is 0 Å². The molecule has 0 aliphatic heterocycles. The normalized spacial score (nSPS) is 10.1. The van der Waals surface area contributed by atoms with Gasteiger partial charge in [0.05, 0.1) is 5.69 Å². The number of hydrogen-bond donors (Lipinski definition) is 1. The number of anilines is 1. The molecule has 0 saturated heterocycles. The Morgan fingerprint density at radius 3 is 2.09 bits per heavy atom. The highest BCUT2D eigenvalue weighted by Gasteiger charge is 2.01. The zero-order chi connectivity index (χ0) is 8.43. The molecule has 1 aromatic rings. The van der Waals surface area contributed by atoms with Crippen LogP contribution in [0.5, 0.6) is 0 Å². The van der Waals surface area contributed by atoms with E-state index in [1.54, 1.807) is 0 Å². The van der Waals surface area contributed by atoms with Crippen molar-refractivity contribution >= 4 is 37.5 Å². The molecule has 0 radical (unpaired) electrons. The fourth-order valence-corrected chi connectivity index (χ4v) is 2.12. The van der Waals surface area contributed by atoms with Gasteiger partial charge in [-0.1, -0.05) is 6.92 Å². The maximum absolute atomic E-state index is 5.71. The Bertz CT molecular complexity index is 248. The molecule has 11 heavy (non-hydrogen) atoms. The average molecular weight is 279 g/mol. The van der Waals surface area contributed by atoms with Crippen molar-refractivity contribution in [2.45, 2.75) is 13.3 Å². The third kappa shape index (κ3) is 1.97. The Morgan fingerprint density at radius 2 is 1.73 bits per heavy atom. The third-order valence-corrected chi connectivity index (χ3v) is 2.86. The number of rotatable bonds is 1. The van der Waals surface area contributed by atoms with Gasteiger partial charge in [-0.05, 0) is 56.0 Å². The molecule has 0 saturated carbocycles. The van der Waals surface area contributed by atoms with Crippen molar-refractivity contribution in [3.05, 3.63) is 26.6 Å². The van der Waals surface area contributed by atoms with E-state index in [4.69, 9.17) is 5.73 Å². The molecule has 1 nitrogen and oxygen atoms in total. The Labute approximate surface area is 83.2 Å². The highest BCUT2D eigenvalue weighted by Crippen LogP contribution is 2.29. The second kappa shape index (κ2) is 3.59. The summed E-state index contributed by atoms with van der Waals surface area (Å²) >= 11 is 6.77. The van der Waals surface area contributed by atoms with Gasteiger partial charge in [-0.25, -0.2) is 0 Å². The van der Waals surface area contributed by atoms with Crippen LogP contribution in [-0.2, 0) is 6.42 Å². The minimum atomic E-state index is 0.766. The van der Waals surface area contributed by atoms with E-state index < -0.39 is 0 Å². The van der Waals surface area contributed by atoms with Crippen molar-refractivity contribution in [3.8, 4) is 0 Å². The van der Waals surface area contributed by atoms with E-state index in [0.29, 0.717) is 0 Å². The topological polar surface area (TPSA) is 26.0 Å². The van der Waals surface area contributed by atoms with Gasteiger partial charge in [0.25, 0.3) is 0 Å². The summed E-state index contributed by atoms with van der Waals surface area (Å²) in [4.78, 5) is 0. The van der Waals surface area contributed by atoms with E-state index in [0.717, 1.165) is 21.1 Å². The summed E-state index contributed by atoms with van der Waals surface area (Å²) in [6, 6.07) is 4.08. The lowest BCUT2D eigenvalue weighted by Crippen LogP contribution is -1.90. The van der Waals surface area contributed by atoms with E-state index >= 15 is 0 Å². The quantitative estimate of drug-likeness (QED) is 0.784. The Balaban J connectivity index is 3.21. The first-order valence-corrected chi connectivity index (χ1v) is 4.97. The molecule has 0 aromatic heterocycles. The van der Waals surface area contributed by atoms with Crippen molar-refractivity contribution < 1.29 is 0 Å². The third-order valence-electron chi connectivity index (χ3n) is 1.55. The lowest BCUT2D eigenvalue weighted by molar-refractivity contribution is 1.13. The first-order valence-electron chi connectivity index (χ1n) is 3.38. The monoisotopic (exact) mass is 277 g/mol. The predicted molar refractivity (Wildman–Crippen MR) is 55.6 cm³/mol. The smallest absolute Gasteiger partial charge is 0.0603 e. The van der Waals surface area contributed by atoms with Crippen LogP contribution in [0.1, 0.15) is 12.5 Å². The standard InChI is InChI=1S/C8H9Br2N/c1-2-5-3-6(9)8(11)7(10)4-5/h3-4H,2,11H2,1H3. The van der Waals surface area contributed by atoms with Crippen LogP contribution in [0.3, 0.4) is 0 Å². The molecule has 0 unspecified atom stereocenters. The first kappa shape index (κ1) is 9.07. The van der Waals surface area contributed by atoms with Gasteiger partial charge in [0.1, 0.15) is 0 Å². The van der Waals surface area contributed by atoms with E-state index in [1.807, 2.05) is 12.1 Å². The van der Waals surface area contributed by atoms with Gasteiger partial charge in [0.15, 0.2) is 0 Å². The summed E-state index contributed by atoms with van der Waals surface area (Å²) in [6.45, 7) is 2.12. The molecule has 1 aromatic carbocycles. The molecular weight excluding hydrogens is 270 g/mol.